The minimum absolute atomic E-state index is 0.00150. The maximum absolute atomic E-state index is 12.9. The van der Waals surface area contributed by atoms with Gasteiger partial charge < -0.3 is 14.2 Å². The van der Waals surface area contributed by atoms with E-state index in [1.54, 1.807) is 12.5 Å². The molecule has 1 aromatic carbocycles. The van der Waals surface area contributed by atoms with Gasteiger partial charge in [0.2, 0.25) is 0 Å². The molecule has 7 nitrogen and oxygen atoms in total. The van der Waals surface area contributed by atoms with Crippen LogP contribution in [0.2, 0.25) is 0 Å². The van der Waals surface area contributed by atoms with E-state index in [1.165, 1.54) is 0 Å². The molecule has 2 aromatic heterocycles. The maximum atomic E-state index is 12.9. The highest BCUT2D eigenvalue weighted by atomic mass is 16.5. The van der Waals surface area contributed by atoms with Crippen LogP contribution in [0.3, 0.4) is 0 Å². The van der Waals surface area contributed by atoms with Crippen LogP contribution in [0.5, 0.6) is 0 Å². The number of morpholine rings is 1. The lowest BCUT2D eigenvalue weighted by molar-refractivity contribution is -0.0283. The number of benzene rings is 1. The van der Waals surface area contributed by atoms with E-state index in [-0.39, 0.29) is 12.0 Å². The van der Waals surface area contributed by atoms with Gasteiger partial charge in [0.05, 0.1) is 18.7 Å². The monoisotopic (exact) mass is 337 g/mol. The summed E-state index contributed by atoms with van der Waals surface area (Å²) in [7, 11) is 0. The molecule has 0 radical (unpaired) electrons. The van der Waals surface area contributed by atoms with Crippen LogP contribution in [0.25, 0.3) is 10.9 Å². The molecule has 3 heterocycles. The van der Waals surface area contributed by atoms with Gasteiger partial charge in [-0.05, 0) is 31.2 Å². The number of carbonyl (C=O) groups excluding carboxylic acids is 1. The lowest BCUT2D eigenvalue weighted by atomic mass is 10.1. The molecule has 1 aliphatic rings. The number of aromatic nitrogens is 4. The average molecular weight is 337 g/mol. The molecule has 3 aromatic rings. The largest absolute Gasteiger partial charge is 0.366 e. The molecule has 4 rings (SSSR count). The third-order valence-corrected chi connectivity index (χ3v) is 4.48. The molecule has 0 bridgehead atoms. The number of amides is 1. The lowest BCUT2D eigenvalue weighted by Gasteiger charge is -2.32. The first-order valence-electron chi connectivity index (χ1n) is 8.39. The number of rotatable bonds is 3. The minimum Gasteiger partial charge on any atom is -0.366 e. The van der Waals surface area contributed by atoms with E-state index >= 15 is 0 Å². The summed E-state index contributed by atoms with van der Waals surface area (Å²) in [5, 5.41) is 9.07. The van der Waals surface area contributed by atoms with Gasteiger partial charge in [0.15, 0.2) is 5.82 Å². The van der Waals surface area contributed by atoms with Crippen molar-refractivity contribution < 1.29 is 9.53 Å². The molecule has 1 saturated heterocycles. The smallest absolute Gasteiger partial charge is 0.254 e. The molecule has 7 heteroatoms. The molecule has 0 spiro atoms. The number of hydrogen-bond acceptors (Lipinski definition) is 5. The number of nitrogens with zero attached hydrogens (tertiary/aromatic N) is 5. The molecule has 0 saturated carbocycles. The van der Waals surface area contributed by atoms with E-state index in [0.717, 1.165) is 23.3 Å². The molecular formula is C18H19N5O2. The van der Waals surface area contributed by atoms with Crippen molar-refractivity contribution in [1.82, 2.24) is 24.6 Å². The SMILES string of the molecule is CCn1cnnc1C1CN(C(=O)c2ccc3ncccc3c2)CCO1. The van der Waals surface area contributed by atoms with Gasteiger partial charge in [-0.25, -0.2) is 0 Å². The standard InChI is InChI=1S/C18H19N5O2/c1-2-22-12-20-21-17(22)16-11-23(8-9-25-16)18(24)14-5-6-15-13(10-14)4-3-7-19-15/h3-7,10,12,16H,2,8-9,11H2,1H3. The van der Waals surface area contributed by atoms with Crippen LogP contribution < -0.4 is 0 Å². The zero-order chi connectivity index (χ0) is 17.2. The second kappa shape index (κ2) is 6.60. The van der Waals surface area contributed by atoms with E-state index in [1.807, 2.05) is 46.7 Å². The molecule has 1 amide bonds. The summed E-state index contributed by atoms with van der Waals surface area (Å²) in [4.78, 5) is 19.0. The fourth-order valence-corrected chi connectivity index (χ4v) is 3.14. The fourth-order valence-electron chi connectivity index (χ4n) is 3.14. The summed E-state index contributed by atoms with van der Waals surface area (Å²) >= 11 is 0. The Morgan fingerprint density at radius 1 is 1.36 bits per heavy atom. The van der Waals surface area contributed by atoms with Gasteiger partial charge in [-0.2, -0.15) is 0 Å². The highest BCUT2D eigenvalue weighted by molar-refractivity contribution is 5.98. The summed E-state index contributed by atoms with van der Waals surface area (Å²) in [6.07, 6.45) is 3.19. The number of carbonyl (C=O) groups is 1. The van der Waals surface area contributed by atoms with Crippen LogP contribution in [0.4, 0.5) is 0 Å². The predicted molar refractivity (Wildman–Crippen MR) is 92.0 cm³/mol. The summed E-state index contributed by atoms with van der Waals surface area (Å²) in [5.74, 6) is 0.768. The van der Waals surface area contributed by atoms with Crippen molar-refractivity contribution in [3.8, 4) is 0 Å². The zero-order valence-electron chi connectivity index (χ0n) is 14.0. The third kappa shape index (κ3) is 2.98. The molecule has 1 unspecified atom stereocenters. The van der Waals surface area contributed by atoms with Crippen molar-refractivity contribution in [2.75, 3.05) is 19.7 Å². The number of aryl methyl sites for hydroxylation is 1. The number of hydrogen-bond donors (Lipinski definition) is 0. The first-order valence-corrected chi connectivity index (χ1v) is 8.39. The maximum Gasteiger partial charge on any atom is 0.254 e. The van der Waals surface area contributed by atoms with Gasteiger partial charge in [0.25, 0.3) is 5.91 Å². The predicted octanol–water partition coefficient (Wildman–Crippen LogP) is 2.06. The second-order valence-corrected chi connectivity index (χ2v) is 6.00. The summed E-state index contributed by atoms with van der Waals surface area (Å²) in [6, 6.07) is 9.44. The summed E-state index contributed by atoms with van der Waals surface area (Å²) in [6.45, 7) is 4.33. The Morgan fingerprint density at radius 3 is 3.16 bits per heavy atom. The van der Waals surface area contributed by atoms with Crippen LogP contribution in [0.15, 0.2) is 42.9 Å². The van der Waals surface area contributed by atoms with E-state index in [9.17, 15) is 4.79 Å². The van der Waals surface area contributed by atoms with Gasteiger partial charge in [0.1, 0.15) is 12.4 Å². The van der Waals surface area contributed by atoms with E-state index in [0.29, 0.717) is 25.3 Å². The molecule has 128 valence electrons. The van der Waals surface area contributed by atoms with Gasteiger partial charge in [0, 0.05) is 30.2 Å². The molecule has 25 heavy (non-hydrogen) atoms. The Bertz CT molecular complexity index is 907. The Hall–Kier alpha value is -2.80. The zero-order valence-corrected chi connectivity index (χ0v) is 14.0. The highest BCUT2D eigenvalue weighted by Crippen LogP contribution is 2.22. The Balaban J connectivity index is 1.56. The first-order chi connectivity index (χ1) is 12.3. The van der Waals surface area contributed by atoms with E-state index in [2.05, 4.69) is 15.2 Å². The van der Waals surface area contributed by atoms with Crippen molar-refractivity contribution in [2.24, 2.45) is 0 Å². The Morgan fingerprint density at radius 2 is 2.28 bits per heavy atom. The van der Waals surface area contributed by atoms with Crippen molar-refractivity contribution in [3.63, 3.8) is 0 Å². The summed E-state index contributed by atoms with van der Waals surface area (Å²) in [5.41, 5.74) is 1.55. The quantitative estimate of drug-likeness (QED) is 0.731. The van der Waals surface area contributed by atoms with Crippen LogP contribution in [0.1, 0.15) is 29.2 Å². The third-order valence-electron chi connectivity index (χ3n) is 4.48. The number of pyridine rings is 1. The van der Waals surface area contributed by atoms with Gasteiger partial charge in [-0.1, -0.05) is 6.07 Å². The second-order valence-electron chi connectivity index (χ2n) is 6.00. The van der Waals surface area contributed by atoms with Crippen LogP contribution >= 0.6 is 0 Å². The van der Waals surface area contributed by atoms with Crippen LogP contribution in [0, 0.1) is 0 Å². The van der Waals surface area contributed by atoms with E-state index < -0.39 is 0 Å². The van der Waals surface area contributed by atoms with Gasteiger partial charge >= 0.3 is 0 Å². The minimum atomic E-state index is -0.248. The normalized spacial score (nSPS) is 17.8. The van der Waals surface area contributed by atoms with Crippen molar-refractivity contribution in [2.45, 2.75) is 19.6 Å². The van der Waals surface area contributed by atoms with Crippen molar-refractivity contribution in [3.05, 3.63) is 54.2 Å². The molecule has 0 aliphatic carbocycles. The molecule has 0 N–H and O–H groups in total. The van der Waals surface area contributed by atoms with Gasteiger partial charge in [-0.15, -0.1) is 10.2 Å². The molecule has 1 fully saturated rings. The van der Waals surface area contributed by atoms with Crippen molar-refractivity contribution in [1.29, 1.82) is 0 Å². The molecule has 1 atom stereocenters. The van der Waals surface area contributed by atoms with Gasteiger partial charge in [-0.3, -0.25) is 9.78 Å². The topological polar surface area (TPSA) is 73.1 Å². The highest BCUT2D eigenvalue weighted by Gasteiger charge is 2.29. The number of fused-ring (bicyclic) bond motifs is 1. The lowest BCUT2D eigenvalue weighted by Crippen LogP contribution is -2.42. The fraction of sp³-hybridized carbons (Fsp3) is 0.333. The van der Waals surface area contributed by atoms with Crippen LogP contribution in [-0.4, -0.2) is 50.3 Å². The first kappa shape index (κ1) is 15.7. The van der Waals surface area contributed by atoms with E-state index in [4.69, 9.17) is 4.74 Å². The average Bonchev–Trinajstić information content (AvgIpc) is 3.16. The number of ether oxygens (including phenoxy) is 1. The van der Waals surface area contributed by atoms with Crippen molar-refractivity contribution >= 4 is 16.8 Å². The summed E-state index contributed by atoms with van der Waals surface area (Å²) < 4.78 is 7.77. The Kier molecular flexibility index (Phi) is 4.15. The molecular weight excluding hydrogens is 318 g/mol. The van der Waals surface area contributed by atoms with Crippen LogP contribution in [-0.2, 0) is 11.3 Å². The Labute approximate surface area is 145 Å². The molecule has 1 aliphatic heterocycles.